The van der Waals surface area contributed by atoms with Crippen LogP contribution in [0.1, 0.15) is 22.5 Å². The molecule has 2 aromatic heterocycles. The maximum atomic E-state index is 10.7. The van der Waals surface area contributed by atoms with Crippen molar-refractivity contribution in [2.24, 2.45) is 0 Å². The molecule has 2 aromatic carbocycles. The van der Waals surface area contributed by atoms with Gasteiger partial charge in [0.05, 0.1) is 43.0 Å². The van der Waals surface area contributed by atoms with E-state index >= 15 is 0 Å². The van der Waals surface area contributed by atoms with E-state index in [-0.39, 0.29) is 11.4 Å². The lowest BCUT2D eigenvalue weighted by atomic mass is 10.2. The second-order valence-electron chi connectivity index (χ2n) is 7.58. The van der Waals surface area contributed by atoms with Crippen molar-refractivity contribution in [1.29, 1.82) is 0 Å². The first-order valence-electron chi connectivity index (χ1n) is 10.2. The van der Waals surface area contributed by atoms with Crippen LogP contribution < -0.4 is 0 Å². The molecule has 0 N–H and O–H groups in total. The highest BCUT2D eigenvalue weighted by Crippen LogP contribution is 2.25. The molecule has 0 saturated carbocycles. The van der Waals surface area contributed by atoms with Crippen molar-refractivity contribution in [2.75, 3.05) is 0 Å². The maximum absolute atomic E-state index is 10.7. The summed E-state index contributed by atoms with van der Waals surface area (Å²) >= 11 is 23.4. The normalized spacial score (nSPS) is 10.6. The number of aromatic nitrogens is 4. The second kappa shape index (κ2) is 11.7. The molecule has 0 unspecified atom stereocenters. The molecule has 14 heteroatoms. The average molecular weight is 572 g/mol. The van der Waals surface area contributed by atoms with Crippen molar-refractivity contribution >= 4 is 57.8 Å². The summed E-state index contributed by atoms with van der Waals surface area (Å²) in [5, 5.41) is 31.3. The third-order valence-corrected chi connectivity index (χ3v) is 6.51. The topological polar surface area (TPSA) is 122 Å². The van der Waals surface area contributed by atoms with E-state index < -0.39 is 9.85 Å². The Bertz CT molecular complexity index is 1420. The summed E-state index contributed by atoms with van der Waals surface area (Å²) in [7, 11) is 0. The van der Waals surface area contributed by atoms with Crippen LogP contribution in [0.15, 0.2) is 48.8 Å². The van der Waals surface area contributed by atoms with Gasteiger partial charge in [0.25, 0.3) is 0 Å². The lowest BCUT2D eigenvalue weighted by Gasteiger charge is -2.05. The molecule has 0 atom stereocenters. The van der Waals surface area contributed by atoms with Crippen molar-refractivity contribution in [3.63, 3.8) is 0 Å². The minimum atomic E-state index is -0.451. The molecule has 0 radical (unpaired) electrons. The van der Waals surface area contributed by atoms with E-state index in [0.717, 1.165) is 11.1 Å². The van der Waals surface area contributed by atoms with Gasteiger partial charge in [0.1, 0.15) is 23.8 Å². The number of aryl methyl sites for hydroxylation is 1. The molecular weight excluding hydrogens is 554 g/mol. The Morgan fingerprint density at radius 2 is 1.33 bits per heavy atom. The Morgan fingerprint density at radius 3 is 1.78 bits per heavy atom. The van der Waals surface area contributed by atoms with Crippen LogP contribution in [-0.2, 0) is 13.1 Å². The zero-order valence-corrected chi connectivity index (χ0v) is 21.9. The number of nitrogens with zero attached hydrogens (tertiary/aromatic N) is 6. The van der Waals surface area contributed by atoms with Gasteiger partial charge >= 0.3 is 11.4 Å². The van der Waals surface area contributed by atoms with Gasteiger partial charge in [-0.05, 0) is 49.2 Å². The molecule has 0 aliphatic rings. The van der Waals surface area contributed by atoms with Crippen molar-refractivity contribution in [1.82, 2.24) is 19.6 Å². The monoisotopic (exact) mass is 570 g/mol. The summed E-state index contributed by atoms with van der Waals surface area (Å²) in [5.74, 6) is 0. The fourth-order valence-electron chi connectivity index (χ4n) is 3.18. The third kappa shape index (κ3) is 6.73. The van der Waals surface area contributed by atoms with E-state index in [2.05, 4.69) is 10.2 Å². The zero-order valence-electron chi connectivity index (χ0n) is 18.9. The Morgan fingerprint density at radius 1 is 0.806 bits per heavy atom. The molecule has 188 valence electrons. The number of benzene rings is 2. The van der Waals surface area contributed by atoms with Crippen LogP contribution >= 0.6 is 46.4 Å². The van der Waals surface area contributed by atoms with Crippen molar-refractivity contribution < 1.29 is 9.85 Å². The maximum Gasteiger partial charge on any atom is 0.309 e. The zero-order chi connectivity index (χ0) is 26.6. The average Bonchev–Trinajstić information content (AvgIpc) is 3.36. The summed E-state index contributed by atoms with van der Waals surface area (Å²) in [6, 6.07) is 10.4. The Balaban J connectivity index is 0.000000201. The third-order valence-electron chi connectivity index (χ3n) is 5.04. The first-order chi connectivity index (χ1) is 17.0. The van der Waals surface area contributed by atoms with E-state index in [1.165, 1.54) is 17.1 Å². The summed E-state index contributed by atoms with van der Waals surface area (Å²) in [5.41, 5.74) is 2.67. The first-order valence-corrected chi connectivity index (χ1v) is 11.7. The van der Waals surface area contributed by atoms with Crippen LogP contribution in [0, 0.1) is 34.1 Å². The molecule has 0 amide bonds. The molecule has 0 spiro atoms. The molecule has 4 rings (SSSR count). The molecule has 0 fully saturated rings. The highest BCUT2D eigenvalue weighted by atomic mass is 35.5. The van der Waals surface area contributed by atoms with Gasteiger partial charge in [-0.25, -0.2) is 0 Å². The van der Waals surface area contributed by atoms with Crippen molar-refractivity contribution in [3.8, 4) is 0 Å². The van der Waals surface area contributed by atoms with Gasteiger partial charge in [-0.3, -0.25) is 29.6 Å². The predicted molar refractivity (Wildman–Crippen MR) is 138 cm³/mol. The van der Waals surface area contributed by atoms with E-state index in [1.807, 2.05) is 0 Å². The quantitative estimate of drug-likeness (QED) is 0.183. The standard InChI is InChI=1S/2C11H9Cl2N3O2/c1-7-11(16(17)18)5-14-15(7)6-8-2-3-9(12)10(13)4-8;1-7-11(16(17)18)6-15(14-7)5-8-2-3-9(12)10(13)4-8/h2-5H,6H2,1H3;2-4,6H,5H2,1H3. The van der Waals surface area contributed by atoms with Gasteiger partial charge in [-0.15, -0.1) is 0 Å². The smallest absolute Gasteiger partial charge is 0.261 e. The number of hydrogen-bond donors (Lipinski definition) is 0. The Labute approximate surface area is 225 Å². The number of halogens is 4. The van der Waals surface area contributed by atoms with E-state index in [9.17, 15) is 20.2 Å². The summed E-state index contributed by atoms with van der Waals surface area (Å²) < 4.78 is 3.06. The van der Waals surface area contributed by atoms with Gasteiger partial charge in [0.2, 0.25) is 0 Å². The SMILES string of the molecule is Cc1c([N+](=O)[O-])cnn1Cc1ccc(Cl)c(Cl)c1.Cc1nn(Cc2ccc(Cl)c(Cl)c2)cc1[N+](=O)[O-]. The van der Waals surface area contributed by atoms with E-state index in [4.69, 9.17) is 46.4 Å². The van der Waals surface area contributed by atoms with Gasteiger partial charge in [0.15, 0.2) is 0 Å². The molecule has 0 saturated heterocycles. The number of hydrogen-bond acceptors (Lipinski definition) is 6. The first kappa shape index (κ1) is 27.4. The largest absolute Gasteiger partial charge is 0.309 e. The van der Waals surface area contributed by atoms with Crippen molar-refractivity contribution in [3.05, 3.63) is 112 Å². The van der Waals surface area contributed by atoms with Gasteiger partial charge in [-0.2, -0.15) is 10.2 Å². The van der Waals surface area contributed by atoms with Crippen LogP contribution in [0.3, 0.4) is 0 Å². The lowest BCUT2D eigenvalue weighted by molar-refractivity contribution is -0.385. The molecule has 4 aromatic rings. The fraction of sp³-hybridized carbons (Fsp3) is 0.182. The fourth-order valence-corrected chi connectivity index (χ4v) is 3.82. The Kier molecular flexibility index (Phi) is 8.91. The second-order valence-corrected chi connectivity index (χ2v) is 9.21. The van der Waals surface area contributed by atoms with Crippen LogP contribution in [-0.4, -0.2) is 29.4 Å². The molecule has 36 heavy (non-hydrogen) atoms. The highest BCUT2D eigenvalue weighted by Gasteiger charge is 2.17. The lowest BCUT2D eigenvalue weighted by Crippen LogP contribution is -2.04. The molecule has 0 bridgehead atoms. The number of rotatable bonds is 6. The molecule has 0 aliphatic heterocycles. The van der Waals surface area contributed by atoms with Crippen LogP contribution in [0.2, 0.25) is 20.1 Å². The molecular formula is C22H18Cl4N6O4. The highest BCUT2D eigenvalue weighted by molar-refractivity contribution is 6.42. The van der Waals surface area contributed by atoms with Gasteiger partial charge in [0, 0.05) is 0 Å². The van der Waals surface area contributed by atoms with E-state index in [1.54, 1.807) is 54.9 Å². The van der Waals surface area contributed by atoms with Crippen LogP contribution in [0.5, 0.6) is 0 Å². The van der Waals surface area contributed by atoms with Gasteiger partial charge in [-0.1, -0.05) is 58.5 Å². The van der Waals surface area contributed by atoms with Crippen molar-refractivity contribution in [2.45, 2.75) is 26.9 Å². The van der Waals surface area contributed by atoms with Crippen LogP contribution in [0.4, 0.5) is 11.4 Å². The van der Waals surface area contributed by atoms with E-state index in [0.29, 0.717) is 44.6 Å². The molecule has 0 aliphatic carbocycles. The Hall–Kier alpha value is -3.18. The van der Waals surface area contributed by atoms with Gasteiger partial charge < -0.3 is 0 Å². The predicted octanol–water partition coefficient (Wildman–Crippen LogP) is 6.91. The molecule has 2 heterocycles. The summed E-state index contributed by atoms with van der Waals surface area (Å²) in [6.45, 7) is 4.08. The number of nitro groups is 2. The molecule has 10 nitrogen and oxygen atoms in total. The minimum Gasteiger partial charge on any atom is -0.261 e. The minimum absolute atomic E-state index is 0.00932. The van der Waals surface area contributed by atoms with Crippen LogP contribution in [0.25, 0.3) is 0 Å². The summed E-state index contributed by atoms with van der Waals surface area (Å²) in [4.78, 5) is 20.5. The summed E-state index contributed by atoms with van der Waals surface area (Å²) in [6.07, 6.45) is 2.64.